The van der Waals surface area contributed by atoms with E-state index in [1.807, 2.05) is 22.9 Å². The van der Waals surface area contributed by atoms with Gasteiger partial charge in [0, 0.05) is 18.3 Å². The van der Waals surface area contributed by atoms with Gasteiger partial charge in [-0.15, -0.1) is 0 Å². The van der Waals surface area contributed by atoms with Crippen LogP contribution in [0.4, 0.5) is 5.82 Å². The van der Waals surface area contributed by atoms with Gasteiger partial charge in [-0.2, -0.15) is 5.10 Å². The van der Waals surface area contributed by atoms with Gasteiger partial charge in [0.05, 0.1) is 16.9 Å². The molecule has 0 saturated heterocycles. The van der Waals surface area contributed by atoms with Crippen molar-refractivity contribution in [3.05, 3.63) is 59.8 Å². The highest BCUT2D eigenvalue weighted by Gasteiger charge is 2.22. The van der Waals surface area contributed by atoms with Crippen LogP contribution in [0.2, 0.25) is 0 Å². The summed E-state index contributed by atoms with van der Waals surface area (Å²) in [4.78, 5) is 15.5. The van der Waals surface area contributed by atoms with Crippen molar-refractivity contribution in [1.82, 2.24) is 14.8 Å². The number of pyridine rings is 1. The highest BCUT2D eigenvalue weighted by atomic mass is 16.4. The molecule has 2 aromatic heterocycles. The predicted molar refractivity (Wildman–Crippen MR) is 95.2 cm³/mol. The normalized spacial score (nSPS) is 13.6. The molecule has 0 bridgehead atoms. The standard InChI is InChI=1S/C19H18N4O2/c24-19(25)13-7-9-14(10-8-13)23-18-15(5-1-3-12-21-18)17(22-23)16-6-2-4-11-20-16/h2,4,6-11,21H,1,3,5,12H2,(H,24,25). The van der Waals surface area contributed by atoms with Crippen LogP contribution in [0.5, 0.6) is 0 Å². The number of aromatic carboxylic acids is 1. The third-order valence-corrected chi connectivity index (χ3v) is 4.40. The van der Waals surface area contributed by atoms with Gasteiger partial charge >= 0.3 is 5.97 Å². The first-order valence-electron chi connectivity index (χ1n) is 8.35. The van der Waals surface area contributed by atoms with E-state index in [0.29, 0.717) is 0 Å². The van der Waals surface area contributed by atoms with E-state index in [0.717, 1.165) is 48.7 Å². The molecule has 2 N–H and O–H groups in total. The quantitative estimate of drug-likeness (QED) is 0.767. The highest BCUT2D eigenvalue weighted by molar-refractivity contribution is 5.87. The van der Waals surface area contributed by atoms with Gasteiger partial charge in [-0.3, -0.25) is 4.98 Å². The average molecular weight is 334 g/mol. The van der Waals surface area contributed by atoms with Crippen LogP contribution in [-0.4, -0.2) is 32.4 Å². The molecule has 25 heavy (non-hydrogen) atoms. The van der Waals surface area contributed by atoms with Crippen LogP contribution in [0.1, 0.15) is 28.8 Å². The van der Waals surface area contributed by atoms with Crippen molar-refractivity contribution in [3.8, 4) is 17.1 Å². The molecule has 0 spiro atoms. The van der Waals surface area contributed by atoms with Crippen molar-refractivity contribution in [2.45, 2.75) is 19.3 Å². The first-order valence-corrected chi connectivity index (χ1v) is 8.35. The van der Waals surface area contributed by atoms with Crippen LogP contribution >= 0.6 is 0 Å². The molecule has 0 saturated carbocycles. The Morgan fingerprint density at radius 3 is 2.68 bits per heavy atom. The van der Waals surface area contributed by atoms with Crippen molar-refractivity contribution in [1.29, 1.82) is 0 Å². The van der Waals surface area contributed by atoms with Gasteiger partial charge in [0.25, 0.3) is 0 Å². The van der Waals surface area contributed by atoms with E-state index in [1.165, 1.54) is 5.56 Å². The monoisotopic (exact) mass is 334 g/mol. The molecule has 1 aromatic carbocycles. The number of fused-ring (bicyclic) bond motifs is 1. The van der Waals surface area contributed by atoms with Gasteiger partial charge in [-0.25, -0.2) is 9.48 Å². The third-order valence-electron chi connectivity index (χ3n) is 4.40. The van der Waals surface area contributed by atoms with Gasteiger partial charge in [-0.05, 0) is 55.7 Å². The number of carbonyl (C=O) groups is 1. The molecule has 3 aromatic rings. The molecule has 3 heterocycles. The van der Waals surface area contributed by atoms with Crippen LogP contribution in [0.3, 0.4) is 0 Å². The second-order valence-corrected chi connectivity index (χ2v) is 6.04. The summed E-state index contributed by atoms with van der Waals surface area (Å²) in [7, 11) is 0. The van der Waals surface area contributed by atoms with Crippen molar-refractivity contribution in [2.75, 3.05) is 11.9 Å². The minimum Gasteiger partial charge on any atom is -0.478 e. The average Bonchev–Trinajstić information content (AvgIpc) is 2.84. The number of benzene rings is 1. The minimum absolute atomic E-state index is 0.264. The maximum Gasteiger partial charge on any atom is 0.335 e. The van der Waals surface area contributed by atoms with Crippen molar-refractivity contribution in [2.24, 2.45) is 0 Å². The zero-order valence-electron chi connectivity index (χ0n) is 13.6. The number of rotatable bonds is 3. The lowest BCUT2D eigenvalue weighted by atomic mass is 10.1. The molecule has 1 aliphatic heterocycles. The Hall–Kier alpha value is -3.15. The Morgan fingerprint density at radius 2 is 1.96 bits per heavy atom. The summed E-state index contributed by atoms with van der Waals surface area (Å²) < 4.78 is 1.86. The number of carboxylic acids is 1. The zero-order valence-corrected chi connectivity index (χ0v) is 13.6. The lowest BCUT2D eigenvalue weighted by Crippen LogP contribution is -2.07. The van der Waals surface area contributed by atoms with E-state index in [2.05, 4.69) is 10.3 Å². The Labute approximate surface area is 145 Å². The highest BCUT2D eigenvalue weighted by Crippen LogP contribution is 2.33. The molecule has 0 unspecified atom stereocenters. The van der Waals surface area contributed by atoms with Crippen molar-refractivity contribution >= 4 is 11.8 Å². The molecular weight excluding hydrogens is 316 g/mol. The van der Waals surface area contributed by atoms with Crippen LogP contribution in [0.25, 0.3) is 17.1 Å². The number of carboxylic acid groups (broad SMARTS) is 1. The molecule has 0 fully saturated rings. The number of aromatic nitrogens is 3. The summed E-state index contributed by atoms with van der Waals surface area (Å²) >= 11 is 0. The fourth-order valence-electron chi connectivity index (χ4n) is 3.14. The second-order valence-electron chi connectivity index (χ2n) is 6.04. The molecule has 6 heteroatoms. The summed E-state index contributed by atoms with van der Waals surface area (Å²) in [6.07, 6.45) is 4.92. The molecular formula is C19H18N4O2. The molecule has 6 nitrogen and oxygen atoms in total. The first kappa shape index (κ1) is 15.4. The lowest BCUT2D eigenvalue weighted by molar-refractivity contribution is 0.0697. The van der Waals surface area contributed by atoms with E-state index in [-0.39, 0.29) is 5.56 Å². The van der Waals surface area contributed by atoms with E-state index < -0.39 is 5.97 Å². The van der Waals surface area contributed by atoms with Crippen molar-refractivity contribution < 1.29 is 9.90 Å². The summed E-state index contributed by atoms with van der Waals surface area (Å²) in [6.45, 7) is 0.896. The number of nitrogens with zero attached hydrogens (tertiary/aromatic N) is 3. The SMILES string of the molecule is O=C(O)c1ccc(-n2nc(-c3ccccn3)c3c2NCCCC3)cc1. The van der Waals surface area contributed by atoms with E-state index in [9.17, 15) is 4.79 Å². The first-order chi connectivity index (χ1) is 12.2. The Morgan fingerprint density at radius 1 is 1.12 bits per heavy atom. The zero-order chi connectivity index (χ0) is 17.2. The maximum absolute atomic E-state index is 11.1. The summed E-state index contributed by atoms with van der Waals surface area (Å²) in [6, 6.07) is 12.6. The number of hydrogen-bond donors (Lipinski definition) is 2. The second kappa shape index (κ2) is 6.39. The molecule has 0 amide bonds. The van der Waals surface area contributed by atoms with Crippen LogP contribution < -0.4 is 5.32 Å². The number of hydrogen-bond acceptors (Lipinski definition) is 4. The van der Waals surface area contributed by atoms with Crippen LogP contribution in [0, 0.1) is 0 Å². The maximum atomic E-state index is 11.1. The van der Waals surface area contributed by atoms with E-state index >= 15 is 0 Å². The summed E-state index contributed by atoms with van der Waals surface area (Å²) in [5, 5.41) is 17.4. The summed E-state index contributed by atoms with van der Waals surface area (Å²) in [5.74, 6) is 0.0411. The van der Waals surface area contributed by atoms with Crippen LogP contribution in [-0.2, 0) is 6.42 Å². The lowest BCUT2D eigenvalue weighted by Gasteiger charge is -2.09. The van der Waals surface area contributed by atoms with Crippen molar-refractivity contribution in [3.63, 3.8) is 0 Å². The Kier molecular flexibility index (Phi) is 3.93. The van der Waals surface area contributed by atoms with Gasteiger partial charge in [0.2, 0.25) is 0 Å². The van der Waals surface area contributed by atoms with Gasteiger partial charge in [-0.1, -0.05) is 6.07 Å². The predicted octanol–water partition coefficient (Wildman–Crippen LogP) is 3.38. The van der Waals surface area contributed by atoms with Gasteiger partial charge < -0.3 is 10.4 Å². The summed E-state index contributed by atoms with van der Waals surface area (Å²) in [5.41, 5.74) is 3.99. The number of nitrogens with one attached hydrogen (secondary N) is 1. The fraction of sp³-hybridized carbons (Fsp3) is 0.211. The molecule has 0 atom stereocenters. The molecule has 1 aliphatic rings. The number of anilines is 1. The fourth-order valence-corrected chi connectivity index (χ4v) is 3.14. The van der Waals surface area contributed by atoms with Crippen LogP contribution in [0.15, 0.2) is 48.7 Å². The molecule has 126 valence electrons. The largest absolute Gasteiger partial charge is 0.478 e. The smallest absolute Gasteiger partial charge is 0.335 e. The van der Waals surface area contributed by atoms with E-state index in [1.54, 1.807) is 30.5 Å². The Bertz CT molecular complexity index is 901. The third kappa shape index (κ3) is 2.87. The van der Waals surface area contributed by atoms with Gasteiger partial charge in [0.1, 0.15) is 11.5 Å². The van der Waals surface area contributed by atoms with E-state index in [4.69, 9.17) is 10.2 Å². The minimum atomic E-state index is -0.932. The van der Waals surface area contributed by atoms with Gasteiger partial charge in [0.15, 0.2) is 0 Å². The topological polar surface area (TPSA) is 80.0 Å². The molecule has 0 radical (unpaired) electrons. The molecule has 4 rings (SSSR count). The molecule has 0 aliphatic carbocycles. The Balaban J connectivity index is 1.85.